The molecule has 12 heteroatoms. The van der Waals surface area contributed by atoms with E-state index in [4.69, 9.17) is 16.3 Å². The number of carboxylic acid groups (broad SMARTS) is 1. The number of carbonyl (C=O) groups excluding carboxylic acids is 1. The maximum Gasteiger partial charge on any atom is 0.356 e. The van der Waals surface area contributed by atoms with E-state index in [1.165, 1.54) is 29.8 Å². The van der Waals surface area contributed by atoms with Crippen LogP contribution in [0.2, 0.25) is 5.02 Å². The van der Waals surface area contributed by atoms with Gasteiger partial charge in [-0.2, -0.15) is 9.78 Å². The van der Waals surface area contributed by atoms with Crippen molar-refractivity contribution >= 4 is 39.2 Å². The molecule has 0 saturated heterocycles. The third-order valence-electron chi connectivity index (χ3n) is 6.86. The van der Waals surface area contributed by atoms with Gasteiger partial charge in [-0.1, -0.05) is 42.8 Å². The molecule has 1 heterocycles. The number of aromatic nitrogens is 2. The van der Waals surface area contributed by atoms with Crippen LogP contribution >= 0.6 is 11.6 Å². The van der Waals surface area contributed by atoms with Crippen LogP contribution in [0.1, 0.15) is 57.8 Å². The van der Waals surface area contributed by atoms with Gasteiger partial charge >= 0.3 is 5.97 Å². The highest BCUT2D eigenvalue weighted by Crippen LogP contribution is 2.36. The molecule has 4 rings (SSSR count). The summed E-state index contributed by atoms with van der Waals surface area (Å²) in [6.07, 6.45) is 0.527. The third-order valence-corrected chi connectivity index (χ3v) is 8.80. The summed E-state index contributed by atoms with van der Waals surface area (Å²) in [6.45, 7) is 8.88. The average molecular weight is 611 g/mol. The number of halogens is 1. The summed E-state index contributed by atoms with van der Waals surface area (Å²) in [6, 6.07) is 15.7. The average Bonchev–Trinajstić information content (AvgIpc) is 3.26. The maximum atomic E-state index is 13.6. The second kappa shape index (κ2) is 12.4. The van der Waals surface area contributed by atoms with Gasteiger partial charge in [-0.3, -0.25) is 4.79 Å². The van der Waals surface area contributed by atoms with Gasteiger partial charge in [0.2, 0.25) is 15.9 Å². The topological polar surface area (TPSA) is 140 Å². The van der Waals surface area contributed by atoms with Crippen molar-refractivity contribution < 1.29 is 27.9 Å². The van der Waals surface area contributed by atoms with Crippen molar-refractivity contribution in [1.82, 2.24) is 14.5 Å². The molecule has 1 amide bonds. The Labute approximate surface area is 249 Å². The highest BCUT2D eigenvalue weighted by atomic mass is 35.5. The first kappa shape index (κ1) is 30.8. The summed E-state index contributed by atoms with van der Waals surface area (Å²) in [4.78, 5) is 24.7. The van der Waals surface area contributed by atoms with Crippen LogP contribution in [0.15, 0.2) is 65.6 Å². The normalized spacial score (nSPS) is 12.1. The van der Waals surface area contributed by atoms with Crippen molar-refractivity contribution in [1.29, 1.82) is 0 Å². The van der Waals surface area contributed by atoms with Crippen molar-refractivity contribution in [2.45, 2.75) is 52.0 Å². The number of benzene rings is 3. The maximum absolute atomic E-state index is 13.6. The standard InChI is InChI=1S/C30H31ClN4O6S/c1-6-18(3)34-42(39,40)26-16-21(32-28(36)22-11-7-8-12-23(22)31)14-15-25(26)41-29-20(5)27(30(37)38)33-35(29)24-13-9-10-17(2)19(24)4/h7-16,18,34H,6H2,1-5H3,(H,32,36)(H,37,38)/t18-/m0/s1. The largest absolute Gasteiger partial charge is 0.476 e. The summed E-state index contributed by atoms with van der Waals surface area (Å²) in [5.74, 6) is -1.84. The molecule has 0 bridgehead atoms. The van der Waals surface area contributed by atoms with Crippen LogP contribution in [0, 0.1) is 20.8 Å². The van der Waals surface area contributed by atoms with Gasteiger partial charge in [0.25, 0.3) is 5.91 Å². The summed E-state index contributed by atoms with van der Waals surface area (Å²) < 4.78 is 37.3. The van der Waals surface area contributed by atoms with Gasteiger partial charge in [0.05, 0.1) is 16.3 Å². The molecule has 3 aromatic carbocycles. The number of aromatic carboxylic acids is 1. The van der Waals surface area contributed by atoms with Crippen molar-refractivity contribution in [3.63, 3.8) is 0 Å². The van der Waals surface area contributed by atoms with Crippen molar-refractivity contribution in [2.24, 2.45) is 0 Å². The fourth-order valence-corrected chi connectivity index (χ4v) is 5.87. The summed E-state index contributed by atoms with van der Waals surface area (Å²) in [7, 11) is -4.17. The number of rotatable bonds is 10. The van der Waals surface area contributed by atoms with E-state index in [1.54, 1.807) is 43.3 Å². The minimum absolute atomic E-state index is 0.0361. The Morgan fingerprint density at radius 2 is 1.76 bits per heavy atom. The van der Waals surface area contributed by atoms with Crippen LogP contribution in [0.3, 0.4) is 0 Å². The quantitative estimate of drug-likeness (QED) is 0.192. The van der Waals surface area contributed by atoms with Crippen LogP contribution < -0.4 is 14.8 Å². The van der Waals surface area contributed by atoms with E-state index in [2.05, 4.69) is 15.1 Å². The molecular weight excluding hydrogens is 580 g/mol. The zero-order valence-electron chi connectivity index (χ0n) is 23.7. The molecule has 0 spiro atoms. The highest BCUT2D eigenvalue weighted by molar-refractivity contribution is 7.89. The Kier molecular flexibility index (Phi) is 9.05. The summed E-state index contributed by atoms with van der Waals surface area (Å²) in [5.41, 5.74) is 2.73. The van der Waals surface area contributed by atoms with E-state index in [9.17, 15) is 23.1 Å². The van der Waals surface area contributed by atoms with Gasteiger partial charge in [-0.15, -0.1) is 0 Å². The minimum atomic E-state index is -4.17. The Balaban J connectivity index is 1.85. The van der Waals surface area contributed by atoms with Crippen molar-refractivity contribution in [2.75, 3.05) is 5.32 Å². The molecule has 1 atom stereocenters. The fraction of sp³-hybridized carbons (Fsp3) is 0.233. The number of nitrogens with one attached hydrogen (secondary N) is 2. The lowest BCUT2D eigenvalue weighted by Gasteiger charge is -2.18. The first-order valence-corrected chi connectivity index (χ1v) is 15.0. The fourth-order valence-electron chi connectivity index (χ4n) is 4.17. The molecule has 4 aromatic rings. The van der Waals surface area contributed by atoms with Gasteiger partial charge < -0.3 is 15.2 Å². The monoisotopic (exact) mass is 610 g/mol. The second-order valence-corrected chi connectivity index (χ2v) is 11.9. The van der Waals surface area contributed by atoms with Crippen LogP contribution in [0.25, 0.3) is 5.69 Å². The molecular formula is C30H31ClN4O6S. The van der Waals surface area contributed by atoms with Crippen LogP contribution in [0.4, 0.5) is 5.69 Å². The number of amides is 1. The van der Waals surface area contributed by atoms with Gasteiger partial charge in [-0.05, 0) is 81.6 Å². The number of aryl methyl sites for hydroxylation is 1. The number of hydrogen-bond donors (Lipinski definition) is 3. The third kappa shape index (κ3) is 6.33. The number of carbonyl (C=O) groups is 2. The molecule has 220 valence electrons. The van der Waals surface area contributed by atoms with Crippen LogP contribution in [0.5, 0.6) is 11.6 Å². The van der Waals surface area contributed by atoms with E-state index >= 15 is 0 Å². The first-order chi connectivity index (χ1) is 19.8. The minimum Gasteiger partial charge on any atom is -0.476 e. The molecule has 3 N–H and O–H groups in total. The molecule has 0 aliphatic rings. The highest BCUT2D eigenvalue weighted by Gasteiger charge is 2.28. The molecule has 0 saturated carbocycles. The van der Waals surface area contributed by atoms with Crippen LogP contribution in [-0.2, 0) is 10.0 Å². The Hall–Kier alpha value is -4.19. The lowest BCUT2D eigenvalue weighted by atomic mass is 10.1. The predicted octanol–water partition coefficient (Wildman–Crippen LogP) is 6.27. The van der Waals surface area contributed by atoms with Gasteiger partial charge in [-0.25, -0.2) is 17.9 Å². The summed E-state index contributed by atoms with van der Waals surface area (Å²) >= 11 is 6.17. The molecule has 0 aliphatic carbocycles. The van der Waals surface area contributed by atoms with Gasteiger partial charge in [0.1, 0.15) is 10.6 Å². The predicted molar refractivity (Wildman–Crippen MR) is 161 cm³/mol. The van der Waals surface area contributed by atoms with E-state index < -0.39 is 27.9 Å². The van der Waals surface area contributed by atoms with Crippen molar-refractivity contribution in [3.8, 4) is 17.3 Å². The molecule has 0 radical (unpaired) electrons. The smallest absolute Gasteiger partial charge is 0.356 e. The van der Waals surface area contributed by atoms with E-state index in [1.807, 2.05) is 26.8 Å². The summed E-state index contributed by atoms with van der Waals surface area (Å²) in [5, 5.41) is 17.0. The number of carboxylic acids is 1. The number of anilines is 1. The molecule has 0 fully saturated rings. The molecule has 0 unspecified atom stereocenters. The van der Waals surface area contributed by atoms with E-state index in [0.717, 1.165) is 11.1 Å². The molecule has 1 aromatic heterocycles. The van der Waals surface area contributed by atoms with E-state index in [0.29, 0.717) is 12.1 Å². The lowest BCUT2D eigenvalue weighted by Crippen LogP contribution is -2.32. The van der Waals surface area contributed by atoms with E-state index in [-0.39, 0.29) is 44.1 Å². The zero-order chi connectivity index (χ0) is 30.8. The first-order valence-electron chi connectivity index (χ1n) is 13.1. The lowest BCUT2D eigenvalue weighted by molar-refractivity contribution is 0.0689. The number of ether oxygens (including phenoxy) is 1. The second-order valence-electron chi connectivity index (χ2n) is 9.84. The van der Waals surface area contributed by atoms with Gasteiger partial charge in [0.15, 0.2) is 5.69 Å². The number of nitrogens with zero attached hydrogens (tertiary/aromatic N) is 2. The Morgan fingerprint density at radius 3 is 2.43 bits per heavy atom. The Morgan fingerprint density at radius 1 is 1.05 bits per heavy atom. The Bertz CT molecular complexity index is 1780. The number of hydrogen-bond acceptors (Lipinski definition) is 6. The number of sulfonamides is 1. The molecule has 42 heavy (non-hydrogen) atoms. The zero-order valence-corrected chi connectivity index (χ0v) is 25.3. The van der Waals surface area contributed by atoms with Crippen LogP contribution in [-0.4, -0.2) is 41.2 Å². The SMILES string of the molecule is CC[C@H](C)NS(=O)(=O)c1cc(NC(=O)c2ccccc2Cl)ccc1Oc1c(C)c(C(=O)O)nn1-c1cccc(C)c1C. The molecule has 0 aliphatic heterocycles. The van der Waals surface area contributed by atoms with Gasteiger partial charge in [0, 0.05) is 17.3 Å². The molecule has 10 nitrogen and oxygen atoms in total. The van der Waals surface area contributed by atoms with Crippen molar-refractivity contribution in [3.05, 3.63) is 93.6 Å².